The van der Waals surface area contributed by atoms with Crippen molar-refractivity contribution in [1.29, 1.82) is 0 Å². The summed E-state index contributed by atoms with van der Waals surface area (Å²) < 4.78 is 39.0. The number of carbonyl (C=O) groups is 1. The molecule has 10 heteroatoms. The molecule has 1 aliphatic heterocycles. The number of alkyl halides is 3. The average Bonchev–Trinajstić information content (AvgIpc) is 2.94. The summed E-state index contributed by atoms with van der Waals surface area (Å²) in [5.41, 5.74) is 0.0520. The molecule has 0 aliphatic carbocycles. The Bertz CT molecular complexity index is 875. The second kappa shape index (κ2) is 7.16. The van der Waals surface area contributed by atoms with Crippen LogP contribution in [0.2, 0.25) is 0 Å². The largest absolute Gasteiger partial charge is 0.433 e. The molecule has 0 bridgehead atoms. The quantitative estimate of drug-likeness (QED) is 0.880. The van der Waals surface area contributed by atoms with Crippen LogP contribution in [0.1, 0.15) is 40.3 Å². The van der Waals surface area contributed by atoms with E-state index in [2.05, 4.69) is 15.2 Å². The molecule has 0 unspecified atom stereocenters. The van der Waals surface area contributed by atoms with E-state index < -0.39 is 17.4 Å². The minimum atomic E-state index is -4.63. The number of aromatic amines is 1. The molecule has 3 rings (SSSR count). The molecule has 146 valence electrons. The van der Waals surface area contributed by atoms with Crippen LogP contribution in [0.4, 0.5) is 13.2 Å². The molecule has 2 aromatic rings. The van der Waals surface area contributed by atoms with Crippen LogP contribution < -0.4 is 5.56 Å². The molecule has 0 saturated carbocycles. The Morgan fingerprint density at radius 1 is 1.30 bits per heavy atom. The highest BCUT2D eigenvalue weighted by Gasteiger charge is 2.33. The van der Waals surface area contributed by atoms with Gasteiger partial charge < -0.3 is 4.90 Å². The number of nitrogens with zero attached hydrogens (tertiary/aromatic N) is 4. The Balaban J connectivity index is 1.62. The van der Waals surface area contributed by atoms with Gasteiger partial charge in [0.15, 0.2) is 5.69 Å². The van der Waals surface area contributed by atoms with Gasteiger partial charge in [-0.15, -0.1) is 0 Å². The van der Waals surface area contributed by atoms with Crippen LogP contribution in [0.3, 0.4) is 0 Å². The summed E-state index contributed by atoms with van der Waals surface area (Å²) in [5, 5.41) is 6.84. The van der Waals surface area contributed by atoms with E-state index in [0.717, 1.165) is 12.0 Å². The van der Waals surface area contributed by atoms with E-state index in [1.165, 1.54) is 4.57 Å². The molecule has 1 fully saturated rings. The van der Waals surface area contributed by atoms with Crippen molar-refractivity contribution in [2.75, 3.05) is 13.1 Å². The van der Waals surface area contributed by atoms with Crippen molar-refractivity contribution in [3.8, 4) is 0 Å². The number of piperidine rings is 1. The lowest BCUT2D eigenvalue weighted by atomic mass is 9.96. The normalized spacial score (nSPS) is 16.0. The van der Waals surface area contributed by atoms with Gasteiger partial charge in [-0.1, -0.05) is 0 Å². The smallest absolute Gasteiger partial charge is 0.339 e. The topological polar surface area (TPSA) is 83.9 Å². The van der Waals surface area contributed by atoms with Gasteiger partial charge in [0.1, 0.15) is 0 Å². The number of nitrogens with one attached hydrogen (secondary N) is 1. The van der Waals surface area contributed by atoms with E-state index in [1.807, 2.05) is 0 Å². The number of rotatable bonds is 3. The van der Waals surface area contributed by atoms with Gasteiger partial charge in [-0.25, -0.2) is 4.98 Å². The van der Waals surface area contributed by atoms with E-state index >= 15 is 0 Å². The molecule has 3 heterocycles. The fraction of sp³-hybridized carbons (Fsp3) is 0.529. The van der Waals surface area contributed by atoms with Gasteiger partial charge in [0.2, 0.25) is 0 Å². The molecule has 0 spiro atoms. The van der Waals surface area contributed by atoms with E-state index in [1.54, 1.807) is 18.7 Å². The monoisotopic (exact) mass is 383 g/mol. The highest BCUT2D eigenvalue weighted by Crippen LogP contribution is 2.26. The summed E-state index contributed by atoms with van der Waals surface area (Å²) in [7, 11) is 0. The van der Waals surface area contributed by atoms with E-state index in [0.29, 0.717) is 43.3 Å². The number of aryl methyl sites for hydroxylation is 2. The number of halogens is 3. The molecule has 7 nitrogen and oxygen atoms in total. The zero-order valence-electron chi connectivity index (χ0n) is 15.0. The first-order valence-corrected chi connectivity index (χ1v) is 8.61. The number of aromatic nitrogens is 4. The SMILES string of the molecule is Cc1n[nH]c(C)c1C(=O)N1CCC(Cn2cnc(C(F)(F)F)cc2=O)CC1. The number of amides is 1. The van der Waals surface area contributed by atoms with Crippen LogP contribution in [-0.2, 0) is 12.7 Å². The van der Waals surface area contributed by atoms with Crippen molar-refractivity contribution < 1.29 is 18.0 Å². The lowest BCUT2D eigenvalue weighted by Gasteiger charge is -2.32. The summed E-state index contributed by atoms with van der Waals surface area (Å²) in [5.74, 6) is 0.0161. The van der Waals surface area contributed by atoms with E-state index in [9.17, 15) is 22.8 Å². The Morgan fingerprint density at radius 2 is 1.96 bits per heavy atom. The standard InChI is InChI=1S/C17H20F3N5O2/c1-10-15(11(2)23-22-10)16(27)24-5-3-12(4-6-24)8-25-9-21-13(7-14(25)26)17(18,19)20/h7,9,12H,3-6,8H2,1-2H3,(H,22,23). The molecule has 1 N–H and O–H groups in total. The number of carbonyl (C=O) groups excluding carboxylic acids is 1. The third-order valence-corrected chi connectivity index (χ3v) is 4.87. The molecule has 2 aromatic heterocycles. The average molecular weight is 383 g/mol. The summed E-state index contributed by atoms with van der Waals surface area (Å²) in [6.07, 6.45) is -2.36. The van der Waals surface area contributed by atoms with Crippen molar-refractivity contribution >= 4 is 5.91 Å². The van der Waals surface area contributed by atoms with E-state index in [4.69, 9.17) is 0 Å². The third-order valence-electron chi connectivity index (χ3n) is 4.87. The Labute approximate surface area is 153 Å². The molecular formula is C17H20F3N5O2. The van der Waals surface area contributed by atoms with Crippen LogP contribution in [0, 0.1) is 19.8 Å². The fourth-order valence-electron chi connectivity index (χ4n) is 3.34. The highest BCUT2D eigenvalue weighted by atomic mass is 19.4. The van der Waals surface area contributed by atoms with Crippen molar-refractivity contribution in [2.24, 2.45) is 5.92 Å². The molecule has 0 radical (unpaired) electrons. The second-order valence-electron chi connectivity index (χ2n) is 6.81. The van der Waals surface area contributed by atoms with Crippen LogP contribution in [0.5, 0.6) is 0 Å². The molecular weight excluding hydrogens is 363 g/mol. The summed E-state index contributed by atoms with van der Waals surface area (Å²) in [6, 6.07) is 0.517. The molecule has 1 amide bonds. The Morgan fingerprint density at radius 3 is 2.48 bits per heavy atom. The molecule has 0 atom stereocenters. The maximum absolute atomic E-state index is 12.6. The van der Waals surface area contributed by atoms with Crippen molar-refractivity contribution in [1.82, 2.24) is 24.6 Å². The van der Waals surface area contributed by atoms with Gasteiger partial charge in [0.05, 0.1) is 17.6 Å². The van der Waals surface area contributed by atoms with Gasteiger partial charge in [0, 0.05) is 31.4 Å². The molecule has 27 heavy (non-hydrogen) atoms. The zero-order chi connectivity index (χ0) is 19.8. The van der Waals surface area contributed by atoms with Gasteiger partial charge in [-0.05, 0) is 32.6 Å². The predicted octanol–water partition coefficient (Wildman–Crippen LogP) is 2.15. The number of hydrogen-bond donors (Lipinski definition) is 1. The van der Waals surface area contributed by atoms with E-state index in [-0.39, 0.29) is 18.4 Å². The van der Waals surface area contributed by atoms with Crippen molar-refractivity contribution in [3.63, 3.8) is 0 Å². The zero-order valence-corrected chi connectivity index (χ0v) is 15.0. The van der Waals surface area contributed by atoms with Crippen LogP contribution in [0.15, 0.2) is 17.2 Å². The number of H-pyrrole nitrogens is 1. The maximum atomic E-state index is 12.6. The molecule has 0 aromatic carbocycles. The molecule has 1 aliphatic rings. The van der Waals surface area contributed by atoms with Gasteiger partial charge in [-0.3, -0.25) is 19.3 Å². The third kappa shape index (κ3) is 4.04. The predicted molar refractivity (Wildman–Crippen MR) is 90.2 cm³/mol. The lowest BCUT2D eigenvalue weighted by molar-refractivity contribution is -0.141. The fourth-order valence-corrected chi connectivity index (χ4v) is 3.34. The maximum Gasteiger partial charge on any atom is 0.433 e. The summed E-state index contributed by atoms with van der Waals surface area (Å²) >= 11 is 0. The van der Waals surface area contributed by atoms with Crippen LogP contribution in [-0.4, -0.2) is 43.6 Å². The molecule has 1 saturated heterocycles. The minimum absolute atomic E-state index is 0.0782. The first kappa shape index (κ1) is 19.1. The van der Waals surface area contributed by atoms with Gasteiger partial charge in [-0.2, -0.15) is 18.3 Å². The summed E-state index contributed by atoms with van der Waals surface area (Å²) in [6.45, 7) is 4.90. The first-order valence-electron chi connectivity index (χ1n) is 8.61. The first-order chi connectivity index (χ1) is 12.7. The Hall–Kier alpha value is -2.65. The van der Waals surface area contributed by atoms with Gasteiger partial charge in [0.25, 0.3) is 11.5 Å². The van der Waals surface area contributed by atoms with Crippen molar-refractivity contribution in [3.05, 3.63) is 45.4 Å². The lowest BCUT2D eigenvalue weighted by Crippen LogP contribution is -2.40. The highest BCUT2D eigenvalue weighted by molar-refractivity contribution is 5.96. The van der Waals surface area contributed by atoms with Gasteiger partial charge >= 0.3 is 6.18 Å². The number of likely N-dealkylation sites (tertiary alicyclic amines) is 1. The second-order valence-corrected chi connectivity index (χ2v) is 6.81. The number of hydrogen-bond acceptors (Lipinski definition) is 4. The van der Waals surface area contributed by atoms with Crippen molar-refractivity contribution in [2.45, 2.75) is 39.4 Å². The Kier molecular flexibility index (Phi) is 5.07. The summed E-state index contributed by atoms with van der Waals surface area (Å²) in [4.78, 5) is 29.6. The minimum Gasteiger partial charge on any atom is -0.339 e. The van der Waals surface area contributed by atoms with Crippen LogP contribution in [0.25, 0.3) is 0 Å². The van der Waals surface area contributed by atoms with Crippen LogP contribution >= 0.6 is 0 Å².